The Hall–Kier alpha value is -1.51. The molecule has 0 amide bonds. The van der Waals surface area contributed by atoms with Gasteiger partial charge < -0.3 is 9.47 Å². The Labute approximate surface area is 109 Å². The molecule has 3 heteroatoms. The third-order valence-electron chi connectivity index (χ3n) is 2.98. The van der Waals surface area contributed by atoms with E-state index in [0.29, 0.717) is 12.2 Å². The lowest BCUT2D eigenvalue weighted by molar-refractivity contribution is -0.116. The maximum atomic E-state index is 12.4. The molecule has 0 fully saturated rings. The lowest BCUT2D eigenvalue weighted by Crippen LogP contribution is -2.22. The molecular weight excluding hydrogens is 228 g/mol. The van der Waals surface area contributed by atoms with Crippen LogP contribution in [-0.4, -0.2) is 20.0 Å². The number of ketones is 1. The van der Waals surface area contributed by atoms with Crippen LogP contribution in [0.3, 0.4) is 0 Å². The zero-order valence-corrected chi connectivity index (χ0v) is 12.1. The number of Topliss-reactive ketones (excluding diaryl/α,β-unsaturated/α-hetero) is 1. The van der Waals surface area contributed by atoms with E-state index in [1.807, 2.05) is 6.92 Å². The molecule has 1 rings (SSSR count). The topological polar surface area (TPSA) is 35.5 Å². The van der Waals surface area contributed by atoms with Crippen LogP contribution in [0, 0.1) is 5.41 Å². The SMILES string of the molecule is C=C1C(C)=C(CC(C)(C)C)C(=O)C(OC)=C1OC. The van der Waals surface area contributed by atoms with Gasteiger partial charge in [-0.3, -0.25) is 4.79 Å². The van der Waals surface area contributed by atoms with Gasteiger partial charge in [-0.1, -0.05) is 27.4 Å². The number of allylic oxidation sites excluding steroid dienone is 2. The lowest BCUT2D eigenvalue weighted by atomic mass is 9.80. The third kappa shape index (κ3) is 2.66. The minimum atomic E-state index is -0.0887. The summed E-state index contributed by atoms with van der Waals surface area (Å²) < 4.78 is 10.4. The molecule has 0 saturated carbocycles. The number of rotatable bonds is 3. The van der Waals surface area contributed by atoms with Crippen LogP contribution in [0.2, 0.25) is 0 Å². The molecule has 0 saturated heterocycles. The molecule has 0 bridgehead atoms. The number of carbonyl (C=O) groups is 1. The molecule has 0 spiro atoms. The molecule has 1 aliphatic rings. The van der Waals surface area contributed by atoms with Crippen LogP contribution in [0.25, 0.3) is 0 Å². The molecular formula is C15H22O3. The Balaban J connectivity index is 3.27. The third-order valence-corrected chi connectivity index (χ3v) is 2.98. The molecule has 0 unspecified atom stereocenters. The molecule has 100 valence electrons. The maximum Gasteiger partial charge on any atom is 0.227 e. The van der Waals surface area contributed by atoms with Crippen molar-refractivity contribution < 1.29 is 14.3 Å². The molecule has 0 N–H and O–H groups in total. The van der Waals surface area contributed by atoms with Gasteiger partial charge >= 0.3 is 0 Å². The second-order valence-corrected chi connectivity index (χ2v) is 5.72. The highest BCUT2D eigenvalue weighted by atomic mass is 16.5. The van der Waals surface area contributed by atoms with Gasteiger partial charge in [0, 0.05) is 11.1 Å². The number of methoxy groups -OCH3 is 2. The second kappa shape index (κ2) is 5.01. The highest BCUT2D eigenvalue weighted by Crippen LogP contribution is 2.37. The Kier molecular flexibility index (Phi) is 4.05. The summed E-state index contributed by atoms with van der Waals surface area (Å²) in [5, 5.41) is 0. The van der Waals surface area contributed by atoms with Gasteiger partial charge in [0.15, 0.2) is 5.76 Å². The highest BCUT2D eigenvalue weighted by molar-refractivity contribution is 6.10. The fourth-order valence-electron chi connectivity index (χ4n) is 2.04. The van der Waals surface area contributed by atoms with Crippen LogP contribution in [0.1, 0.15) is 34.1 Å². The highest BCUT2D eigenvalue weighted by Gasteiger charge is 2.32. The van der Waals surface area contributed by atoms with Gasteiger partial charge in [-0.05, 0) is 24.3 Å². The van der Waals surface area contributed by atoms with Crippen LogP contribution < -0.4 is 0 Å². The Morgan fingerprint density at radius 1 is 1.11 bits per heavy atom. The second-order valence-electron chi connectivity index (χ2n) is 5.72. The summed E-state index contributed by atoms with van der Waals surface area (Å²) >= 11 is 0. The molecule has 3 nitrogen and oxygen atoms in total. The number of hydrogen-bond donors (Lipinski definition) is 0. The average molecular weight is 250 g/mol. The summed E-state index contributed by atoms with van der Waals surface area (Å²) in [5.41, 5.74) is 2.43. The van der Waals surface area contributed by atoms with E-state index in [1.54, 1.807) is 0 Å². The molecule has 0 aromatic heterocycles. The van der Waals surface area contributed by atoms with Crippen molar-refractivity contribution in [3.63, 3.8) is 0 Å². The molecule has 0 aliphatic heterocycles. The first-order chi connectivity index (χ1) is 8.22. The zero-order valence-electron chi connectivity index (χ0n) is 12.1. The van der Waals surface area contributed by atoms with E-state index in [2.05, 4.69) is 27.4 Å². The fourth-order valence-corrected chi connectivity index (χ4v) is 2.04. The molecule has 0 heterocycles. The smallest absolute Gasteiger partial charge is 0.227 e. The van der Waals surface area contributed by atoms with Gasteiger partial charge in [0.25, 0.3) is 0 Å². The van der Waals surface area contributed by atoms with Crippen molar-refractivity contribution in [3.8, 4) is 0 Å². The molecule has 0 atom stereocenters. The summed E-state index contributed by atoms with van der Waals surface area (Å²) in [6.45, 7) is 12.2. The van der Waals surface area contributed by atoms with Crippen LogP contribution in [-0.2, 0) is 14.3 Å². The fraction of sp³-hybridized carbons (Fsp3) is 0.533. The van der Waals surface area contributed by atoms with Gasteiger partial charge in [-0.15, -0.1) is 0 Å². The van der Waals surface area contributed by atoms with Crippen molar-refractivity contribution >= 4 is 5.78 Å². The summed E-state index contributed by atoms with van der Waals surface area (Å²) in [4.78, 5) is 12.4. The first-order valence-corrected chi connectivity index (χ1v) is 5.99. The van der Waals surface area contributed by atoms with E-state index in [-0.39, 0.29) is 17.0 Å². The van der Waals surface area contributed by atoms with E-state index in [9.17, 15) is 4.79 Å². The van der Waals surface area contributed by atoms with Crippen molar-refractivity contribution in [2.75, 3.05) is 14.2 Å². The van der Waals surface area contributed by atoms with Gasteiger partial charge in [0.2, 0.25) is 11.5 Å². The Morgan fingerprint density at radius 2 is 1.61 bits per heavy atom. The van der Waals surface area contributed by atoms with E-state index in [1.165, 1.54) is 14.2 Å². The summed E-state index contributed by atoms with van der Waals surface area (Å²) in [6, 6.07) is 0. The number of ether oxygens (including phenoxy) is 2. The number of carbonyl (C=O) groups excluding carboxylic acids is 1. The first-order valence-electron chi connectivity index (χ1n) is 5.99. The van der Waals surface area contributed by atoms with Crippen molar-refractivity contribution in [3.05, 3.63) is 34.8 Å². The monoisotopic (exact) mass is 250 g/mol. The minimum absolute atomic E-state index is 0.0377. The van der Waals surface area contributed by atoms with Gasteiger partial charge in [0.1, 0.15) is 0 Å². The molecule has 0 aromatic rings. The van der Waals surface area contributed by atoms with Crippen LogP contribution in [0.15, 0.2) is 34.8 Å². The summed E-state index contributed by atoms with van der Waals surface area (Å²) in [5.74, 6) is 0.610. The largest absolute Gasteiger partial charge is 0.492 e. The van der Waals surface area contributed by atoms with Crippen molar-refractivity contribution in [2.24, 2.45) is 5.41 Å². The van der Waals surface area contributed by atoms with E-state index in [0.717, 1.165) is 16.7 Å². The van der Waals surface area contributed by atoms with Gasteiger partial charge in [-0.25, -0.2) is 0 Å². The summed E-state index contributed by atoms with van der Waals surface area (Å²) in [7, 11) is 3.00. The Morgan fingerprint density at radius 3 is 2.00 bits per heavy atom. The minimum Gasteiger partial charge on any atom is -0.492 e. The lowest BCUT2D eigenvalue weighted by Gasteiger charge is -2.27. The quantitative estimate of drug-likeness (QED) is 0.770. The predicted octanol–water partition coefficient (Wildman–Crippen LogP) is 3.38. The predicted molar refractivity (Wildman–Crippen MR) is 72.0 cm³/mol. The van der Waals surface area contributed by atoms with Gasteiger partial charge in [0.05, 0.1) is 14.2 Å². The molecule has 0 radical (unpaired) electrons. The van der Waals surface area contributed by atoms with Crippen LogP contribution in [0.5, 0.6) is 0 Å². The maximum absolute atomic E-state index is 12.4. The van der Waals surface area contributed by atoms with E-state index in [4.69, 9.17) is 9.47 Å². The molecule has 18 heavy (non-hydrogen) atoms. The Bertz CT molecular complexity index is 445. The summed E-state index contributed by atoms with van der Waals surface area (Å²) in [6.07, 6.45) is 0.695. The van der Waals surface area contributed by atoms with E-state index < -0.39 is 0 Å². The average Bonchev–Trinajstić information content (AvgIpc) is 2.27. The zero-order chi connectivity index (χ0) is 14.1. The first kappa shape index (κ1) is 14.6. The van der Waals surface area contributed by atoms with Crippen LogP contribution in [0.4, 0.5) is 0 Å². The van der Waals surface area contributed by atoms with E-state index >= 15 is 0 Å². The van der Waals surface area contributed by atoms with Crippen LogP contribution >= 0.6 is 0 Å². The molecule has 0 aromatic carbocycles. The normalized spacial score (nSPS) is 17.4. The standard InChI is InChI=1S/C15H22O3/c1-9-10(2)13(17-6)14(18-7)12(16)11(9)8-15(3,4)5/h2,8H2,1,3-7H3. The number of hydrogen-bond acceptors (Lipinski definition) is 3. The van der Waals surface area contributed by atoms with Crippen molar-refractivity contribution in [1.29, 1.82) is 0 Å². The van der Waals surface area contributed by atoms with Gasteiger partial charge in [-0.2, -0.15) is 0 Å². The van der Waals surface area contributed by atoms with Crippen molar-refractivity contribution in [2.45, 2.75) is 34.1 Å². The van der Waals surface area contributed by atoms with Crippen molar-refractivity contribution in [1.82, 2.24) is 0 Å². The molecule has 1 aliphatic carbocycles.